The van der Waals surface area contributed by atoms with Gasteiger partial charge in [-0.15, -0.1) is 0 Å². The molecule has 0 saturated heterocycles. The fourth-order valence-electron chi connectivity index (χ4n) is 6.59. The van der Waals surface area contributed by atoms with Gasteiger partial charge >= 0.3 is 0 Å². The third-order valence-electron chi connectivity index (χ3n) is 8.36. The van der Waals surface area contributed by atoms with Crippen LogP contribution in [0.25, 0.3) is 0 Å². The van der Waals surface area contributed by atoms with Crippen molar-refractivity contribution in [2.75, 3.05) is 13.2 Å². The van der Waals surface area contributed by atoms with E-state index in [1.165, 1.54) is 11.1 Å². The first kappa shape index (κ1) is 17.3. The summed E-state index contributed by atoms with van der Waals surface area (Å²) in [5.41, 5.74) is 3.87. The summed E-state index contributed by atoms with van der Waals surface area (Å²) in [4.78, 5) is 0. The Balaban J connectivity index is 1.69. The molecule has 1 radical (unpaired) electrons. The van der Waals surface area contributed by atoms with Crippen LogP contribution < -0.4 is 0 Å². The Morgan fingerprint density at radius 2 is 2.04 bits per heavy atom. The molecule has 3 aliphatic rings. The first-order valence-electron chi connectivity index (χ1n) is 9.77. The van der Waals surface area contributed by atoms with Crippen molar-refractivity contribution in [1.29, 1.82) is 0 Å². The Labute approximate surface area is 150 Å². The van der Waals surface area contributed by atoms with E-state index in [1.807, 2.05) is 0 Å². The van der Waals surface area contributed by atoms with Crippen molar-refractivity contribution in [3.63, 3.8) is 0 Å². The zero-order valence-corrected chi connectivity index (χ0v) is 15.5. The van der Waals surface area contributed by atoms with E-state index in [9.17, 15) is 10.2 Å². The van der Waals surface area contributed by atoms with Gasteiger partial charge in [0.15, 0.2) is 0 Å². The van der Waals surface area contributed by atoms with Crippen LogP contribution in [0.4, 0.5) is 0 Å². The topological polar surface area (TPSA) is 69.1 Å². The van der Waals surface area contributed by atoms with Crippen molar-refractivity contribution in [2.24, 2.45) is 34.5 Å². The predicted molar refractivity (Wildman–Crippen MR) is 96.8 cm³/mol. The second kappa shape index (κ2) is 5.95. The van der Waals surface area contributed by atoms with Crippen LogP contribution in [0.15, 0.2) is 12.2 Å². The Hall–Kier alpha value is -1.13. The number of nitrogens with zero attached hydrogens (tertiary/aromatic N) is 1. The van der Waals surface area contributed by atoms with Gasteiger partial charge in [-0.2, -0.15) is 5.10 Å². The monoisotopic (exact) mass is 343 g/mol. The SMILES string of the molecule is C=C1CC[C@H]2[C@H](CO)[C@@H]([C@@]3(C)Cc4[c]n[nH]c4C[C@@H]3CO)CC[C@]12C. The first-order chi connectivity index (χ1) is 11.9. The Bertz CT molecular complexity index is 669. The number of nitrogens with one attached hydrogen (secondary N) is 1. The van der Waals surface area contributed by atoms with Crippen LogP contribution in [0.1, 0.15) is 50.8 Å². The molecular formula is C21H31N2O2. The summed E-state index contributed by atoms with van der Waals surface area (Å²) in [5, 5.41) is 27.7. The highest BCUT2D eigenvalue weighted by Crippen LogP contribution is 2.62. The number of fused-ring (bicyclic) bond motifs is 2. The fraction of sp³-hybridized carbons (Fsp3) is 0.762. The van der Waals surface area contributed by atoms with Gasteiger partial charge in [0.25, 0.3) is 0 Å². The molecule has 4 nitrogen and oxygen atoms in total. The number of rotatable bonds is 3. The van der Waals surface area contributed by atoms with Crippen molar-refractivity contribution in [3.8, 4) is 0 Å². The number of hydrogen-bond donors (Lipinski definition) is 3. The van der Waals surface area contributed by atoms with E-state index in [0.29, 0.717) is 17.8 Å². The molecule has 4 rings (SSSR count). The molecule has 0 aromatic carbocycles. The third-order valence-corrected chi connectivity index (χ3v) is 8.36. The zero-order valence-electron chi connectivity index (χ0n) is 15.5. The Morgan fingerprint density at radius 1 is 1.24 bits per heavy atom. The summed E-state index contributed by atoms with van der Waals surface area (Å²) in [6, 6.07) is 0. The molecule has 0 aliphatic heterocycles. The number of aromatic amines is 1. The molecule has 25 heavy (non-hydrogen) atoms. The maximum absolute atomic E-state index is 10.4. The van der Waals surface area contributed by atoms with Crippen LogP contribution in [0.5, 0.6) is 0 Å². The van der Waals surface area contributed by atoms with Gasteiger partial charge in [0.05, 0.1) is 0 Å². The fourth-order valence-corrected chi connectivity index (χ4v) is 6.59. The molecule has 0 amide bonds. The van der Waals surface area contributed by atoms with Gasteiger partial charge in [-0.3, -0.25) is 5.10 Å². The van der Waals surface area contributed by atoms with Crippen LogP contribution in [-0.4, -0.2) is 33.6 Å². The van der Waals surface area contributed by atoms with Crippen LogP contribution in [-0.2, 0) is 12.8 Å². The molecule has 3 aliphatic carbocycles. The van der Waals surface area contributed by atoms with E-state index in [-0.39, 0.29) is 30.0 Å². The normalized spacial score (nSPS) is 43.8. The molecule has 2 fully saturated rings. The van der Waals surface area contributed by atoms with E-state index < -0.39 is 0 Å². The lowest BCUT2D eigenvalue weighted by Crippen LogP contribution is -2.52. The van der Waals surface area contributed by atoms with Crippen molar-refractivity contribution in [2.45, 2.75) is 52.4 Å². The van der Waals surface area contributed by atoms with Gasteiger partial charge < -0.3 is 10.2 Å². The van der Waals surface area contributed by atoms with E-state index in [2.05, 4.69) is 36.8 Å². The predicted octanol–water partition coefficient (Wildman–Crippen LogP) is 2.91. The second-order valence-electron chi connectivity index (χ2n) is 9.22. The quantitative estimate of drug-likeness (QED) is 0.739. The summed E-state index contributed by atoms with van der Waals surface area (Å²) in [6.07, 6.45) is 9.38. The van der Waals surface area contributed by atoms with Crippen molar-refractivity contribution >= 4 is 0 Å². The molecule has 1 aromatic rings. The van der Waals surface area contributed by atoms with Gasteiger partial charge in [-0.05, 0) is 73.0 Å². The summed E-state index contributed by atoms with van der Waals surface area (Å²) in [5.74, 6) is 1.46. The molecular weight excluding hydrogens is 312 g/mol. The third kappa shape index (κ3) is 2.37. The molecule has 6 atom stereocenters. The van der Waals surface area contributed by atoms with Crippen LogP contribution >= 0.6 is 0 Å². The summed E-state index contributed by atoms with van der Waals surface area (Å²) in [7, 11) is 0. The number of allylic oxidation sites excluding steroid dienone is 1. The lowest BCUT2D eigenvalue weighted by molar-refractivity contribution is -0.0737. The number of hydrogen-bond acceptors (Lipinski definition) is 3. The highest BCUT2D eigenvalue weighted by atomic mass is 16.3. The molecule has 0 bridgehead atoms. The summed E-state index contributed by atoms with van der Waals surface area (Å²) < 4.78 is 0. The number of aliphatic hydroxyl groups excluding tert-OH is 2. The van der Waals surface area contributed by atoms with E-state index in [0.717, 1.165) is 44.2 Å². The smallest absolute Gasteiger partial charge is 0.116 e. The minimum atomic E-state index is -0.0131. The van der Waals surface area contributed by atoms with Crippen molar-refractivity contribution in [3.05, 3.63) is 29.6 Å². The van der Waals surface area contributed by atoms with Crippen LogP contribution in [0.3, 0.4) is 0 Å². The van der Waals surface area contributed by atoms with Crippen molar-refractivity contribution < 1.29 is 10.2 Å². The highest BCUT2D eigenvalue weighted by molar-refractivity contribution is 5.25. The molecule has 4 heteroatoms. The largest absolute Gasteiger partial charge is 0.396 e. The number of aliphatic hydroxyl groups is 2. The zero-order chi connectivity index (χ0) is 17.8. The molecule has 0 unspecified atom stereocenters. The molecule has 0 spiro atoms. The molecule has 2 saturated carbocycles. The van der Waals surface area contributed by atoms with Gasteiger partial charge in [0, 0.05) is 24.5 Å². The maximum atomic E-state index is 10.4. The standard InChI is InChI=1S/C21H31N2O2/c1-13-4-5-17-16(12-25)18(6-7-20(13,17)2)21(3)9-14-10-22-23-19(14)8-15(21)11-24/h15-18,24-25H,1,4-9,11-12H2,2-3H3,(H,22,23)/t15-,16+,17+,18+,20-,21+/m1/s1. The van der Waals surface area contributed by atoms with Gasteiger partial charge in [-0.1, -0.05) is 26.0 Å². The van der Waals surface area contributed by atoms with Crippen LogP contribution in [0.2, 0.25) is 0 Å². The van der Waals surface area contributed by atoms with Crippen LogP contribution in [0, 0.1) is 40.7 Å². The second-order valence-corrected chi connectivity index (χ2v) is 9.22. The highest BCUT2D eigenvalue weighted by Gasteiger charge is 2.56. The summed E-state index contributed by atoms with van der Waals surface area (Å²) in [6.45, 7) is 9.48. The lowest BCUT2D eigenvalue weighted by atomic mass is 9.49. The maximum Gasteiger partial charge on any atom is 0.116 e. The van der Waals surface area contributed by atoms with Gasteiger partial charge in [-0.25, -0.2) is 0 Å². The molecule has 137 valence electrons. The van der Waals surface area contributed by atoms with Crippen molar-refractivity contribution in [1.82, 2.24) is 10.2 Å². The van der Waals surface area contributed by atoms with E-state index in [1.54, 1.807) is 0 Å². The first-order valence-corrected chi connectivity index (χ1v) is 9.77. The average molecular weight is 343 g/mol. The number of H-pyrrole nitrogens is 1. The summed E-state index contributed by atoms with van der Waals surface area (Å²) >= 11 is 0. The molecule has 1 heterocycles. The van der Waals surface area contributed by atoms with Gasteiger partial charge in [0.1, 0.15) is 6.20 Å². The Kier molecular flexibility index (Phi) is 4.12. The molecule has 1 aromatic heterocycles. The average Bonchev–Trinajstić information content (AvgIpc) is 3.17. The van der Waals surface area contributed by atoms with E-state index >= 15 is 0 Å². The Morgan fingerprint density at radius 3 is 2.76 bits per heavy atom. The minimum absolute atomic E-state index is 0.0131. The molecule has 3 N–H and O–H groups in total. The van der Waals surface area contributed by atoms with E-state index in [4.69, 9.17) is 0 Å². The van der Waals surface area contributed by atoms with Gasteiger partial charge in [0.2, 0.25) is 0 Å². The minimum Gasteiger partial charge on any atom is -0.396 e. The lowest BCUT2D eigenvalue weighted by Gasteiger charge is -2.55. The number of aromatic nitrogens is 2.